The van der Waals surface area contributed by atoms with E-state index in [1.54, 1.807) is 24.3 Å². The lowest BCUT2D eigenvalue weighted by Gasteiger charge is -2.14. The third-order valence-electron chi connectivity index (χ3n) is 3.91. The first-order valence-corrected chi connectivity index (χ1v) is 8.31. The van der Waals surface area contributed by atoms with E-state index in [1.807, 2.05) is 48.5 Å². The van der Waals surface area contributed by atoms with Crippen LogP contribution in [0.1, 0.15) is 23.8 Å². The maximum absolute atomic E-state index is 12.1. The second-order valence-electron chi connectivity index (χ2n) is 5.81. The minimum Gasteiger partial charge on any atom is -0.461 e. The summed E-state index contributed by atoms with van der Waals surface area (Å²) in [7, 11) is 0. The summed E-state index contributed by atoms with van der Waals surface area (Å²) in [6.07, 6.45) is -0.607. The molecule has 0 spiro atoms. The van der Waals surface area contributed by atoms with E-state index in [9.17, 15) is 9.59 Å². The third-order valence-corrected chi connectivity index (χ3v) is 3.91. The van der Waals surface area contributed by atoms with E-state index in [4.69, 9.17) is 14.9 Å². The molecule has 132 valence electrons. The van der Waals surface area contributed by atoms with Crippen molar-refractivity contribution in [1.82, 2.24) is 0 Å². The molecule has 5 nitrogen and oxygen atoms in total. The molecule has 5 heteroatoms. The number of carbonyl (C=O) groups excluding carboxylic acids is 2. The number of aryl methyl sites for hydroxylation is 1. The van der Waals surface area contributed by atoms with Crippen LogP contribution in [0.3, 0.4) is 0 Å². The summed E-state index contributed by atoms with van der Waals surface area (Å²) in [6.45, 7) is 0. The molecule has 0 aliphatic heterocycles. The van der Waals surface area contributed by atoms with Crippen LogP contribution in [-0.4, -0.2) is 11.9 Å². The van der Waals surface area contributed by atoms with Crippen molar-refractivity contribution in [2.24, 2.45) is 5.73 Å². The minimum atomic E-state index is -1.08. The van der Waals surface area contributed by atoms with Crippen LogP contribution in [0.2, 0.25) is 0 Å². The van der Waals surface area contributed by atoms with Crippen molar-refractivity contribution in [3.05, 3.63) is 84.1 Å². The highest BCUT2D eigenvalue weighted by molar-refractivity contribution is 5.83. The van der Waals surface area contributed by atoms with Gasteiger partial charge in [0.05, 0.1) is 6.42 Å². The van der Waals surface area contributed by atoms with Gasteiger partial charge in [-0.15, -0.1) is 0 Å². The fraction of sp³-hybridized carbons (Fsp3) is 0.143. The molecular formula is C21H19NO4. The average Bonchev–Trinajstić information content (AvgIpc) is 3.15. The van der Waals surface area contributed by atoms with Crippen LogP contribution in [-0.2, 0) is 20.7 Å². The average molecular weight is 349 g/mol. The Morgan fingerprint density at radius 1 is 0.923 bits per heavy atom. The highest BCUT2D eigenvalue weighted by Gasteiger charge is 2.22. The summed E-state index contributed by atoms with van der Waals surface area (Å²) in [5.74, 6) is 0.216. The molecule has 2 N–H and O–H groups in total. The predicted octanol–water partition coefficient (Wildman–Crippen LogP) is 3.65. The fourth-order valence-corrected chi connectivity index (χ4v) is 2.60. The Morgan fingerprint density at radius 3 is 2.23 bits per heavy atom. The fourth-order valence-electron chi connectivity index (χ4n) is 2.60. The van der Waals surface area contributed by atoms with Crippen LogP contribution in [0.4, 0.5) is 0 Å². The molecule has 2 aromatic carbocycles. The normalized spacial score (nSPS) is 11.7. The van der Waals surface area contributed by atoms with E-state index in [-0.39, 0.29) is 6.42 Å². The van der Waals surface area contributed by atoms with Gasteiger partial charge >= 0.3 is 5.97 Å². The maximum Gasteiger partial charge on any atom is 0.307 e. The highest BCUT2D eigenvalue weighted by Crippen LogP contribution is 2.23. The molecule has 1 amide bonds. The smallest absolute Gasteiger partial charge is 0.307 e. The summed E-state index contributed by atoms with van der Waals surface area (Å²) < 4.78 is 11.0. The molecule has 0 aliphatic rings. The van der Waals surface area contributed by atoms with Crippen molar-refractivity contribution < 1.29 is 18.7 Å². The SMILES string of the molecule is NC(=O)C(OC(=O)CCc1ccc(-c2ccccc2)o1)c1ccccc1. The number of ether oxygens (including phenoxy) is 1. The summed E-state index contributed by atoms with van der Waals surface area (Å²) in [4.78, 5) is 23.7. The van der Waals surface area contributed by atoms with Crippen molar-refractivity contribution in [1.29, 1.82) is 0 Å². The van der Waals surface area contributed by atoms with Crippen LogP contribution in [0, 0.1) is 0 Å². The van der Waals surface area contributed by atoms with Gasteiger partial charge in [0.2, 0.25) is 6.10 Å². The number of rotatable bonds is 7. The zero-order valence-electron chi connectivity index (χ0n) is 14.1. The lowest BCUT2D eigenvalue weighted by atomic mass is 10.1. The first-order valence-electron chi connectivity index (χ1n) is 8.31. The van der Waals surface area contributed by atoms with Gasteiger partial charge in [0.1, 0.15) is 11.5 Å². The van der Waals surface area contributed by atoms with Crippen LogP contribution in [0.15, 0.2) is 77.2 Å². The molecule has 3 aromatic rings. The number of primary amides is 1. The van der Waals surface area contributed by atoms with Crippen LogP contribution in [0.5, 0.6) is 0 Å². The van der Waals surface area contributed by atoms with E-state index in [0.717, 1.165) is 11.3 Å². The van der Waals surface area contributed by atoms with Gasteiger partial charge in [-0.2, -0.15) is 0 Å². The van der Waals surface area contributed by atoms with Crippen molar-refractivity contribution in [3.8, 4) is 11.3 Å². The van der Waals surface area contributed by atoms with E-state index < -0.39 is 18.0 Å². The standard InChI is InChI=1S/C21H19NO4/c22-21(24)20(16-9-5-2-6-10-16)26-19(23)14-12-17-11-13-18(25-17)15-7-3-1-4-8-15/h1-11,13,20H,12,14H2,(H2,22,24). The molecule has 0 radical (unpaired) electrons. The first-order chi connectivity index (χ1) is 12.6. The Labute approximate surface area is 151 Å². The van der Waals surface area contributed by atoms with Crippen molar-refractivity contribution in [2.75, 3.05) is 0 Å². The van der Waals surface area contributed by atoms with E-state index >= 15 is 0 Å². The Balaban J connectivity index is 1.59. The molecular weight excluding hydrogens is 330 g/mol. The second kappa shape index (κ2) is 8.16. The number of hydrogen-bond donors (Lipinski definition) is 1. The van der Waals surface area contributed by atoms with E-state index in [2.05, 4.69) is 0 Å². The van der Waals surface area contributed by atoms with Gasteiger partial charge in [-0.3, -0.25) is 9.59 Å². The number of benzene rings is 2. The lowest BCUT2D eigenvalue weighted by Crippen LogP contribution is -2.26. The van der Waals surface area contributed by atoms with Gasteiger partial charge in [0.25, 0.3) is 5.91 Å². The van der Waals surface area contributed by atoms with Gasteiger partial charge < -0.3 is 14.9 Å². The number of hydrogen-bond acceptors (Lipinski definition) is 4. The molecule has 0 saturated heterocycles. The summed E-state index contributed by atoms with van der Waals surface area (Å²) in [5.41, 5.74) is 6.88. The third kappa shape index (κ3) is 4.39. The molecule has 26 heavy (non-hydrogen) atoms. The summed E-state index contributed by atoms with van der Waals surface area (Å²) in [5, 5.41) is 0. The number of esters is 1. The predicted molar refractivity (Wildman–Crippen MR) is 96.9 cm³/mol. The number of nitrogens with two attached hydrogens (primary N) is 1. The number of carbonyl (C=O) groups is 2. The zero-order chi connectivity index (χ0) is 18.4. The van der Waals surface area contributed by atoms with Crippen LogP contribution >= 0.6 is 0 Å². The molecule has 3 rings (SSSR count). The molecule has 1 heterocycles. The van der Waals surface area contributed by atoms with E-state index in [0.29, 0.717) is 17.7 Å². The summed E-state index contributed by atoms with van der Waals surface area (Å²) >= 11 is 0. The second-order valence-corrected chi connectivity index (χ2v) is 5.81. The Hall–Kier alpha value is -3.34. The number of amides is 1. The Morgan fingerprint density at radius 2 is 1.58 bits per heavy atom. The lowest BCUT2D eigenvalue weighted by molar-refractivity contribution is -0.155. The van der Waals surface area contributed by atoms with Crippen molar-refractivity contribution in [3.63, 3.8) is 0 Å². The van der Waals surface area contributed by atoms with Gasteiger partial charge in [-0.05, 0) is 12.1 Å². The first kappa shape index (κ1) is 17.5. The zero-order valence-corrected chi connectivity index (χ0v) is 14.1. The monoisotopic (exact) mass is 349 g/mol. The molecule has 1 atom stereocenters. The van der Waals surface area contributed by atoms with Gasteiger partial charge in [0, 0.05) is 17.5 Å². The largest absolute Gasteiger partial charge is 0.461 e. The molecule has 0 fully saturated rings. The molecule has 1 aromatic heterocycles. The van der Waals surface area contributed by atoms with Gasteiger partial charge in [0.15, 0.2) is 0 Å². The van der Waals surface area contributed by atoms with Gasteiger partial charge in [-0.1, -0.05) is 60.7 Å². The quantitative estimate of drug-likeness (QED) is 0.660. The van der Waals surface area contributed by atoms with Crippen molar-refractivity contribution >= 4 is 11.9 Å². The molecule has 0 bridgehead atoms. The molecule has 0 aliphatic carbocycles. The topological polar surface area (TPSA) is 82.5 Å². The van der Waals surface area contributed by atoms with Crippen LogP contribution < -0.4 is 5.73 Å². The van der Waals surface area contributed by atoms with Gasteiger partial charge in [-0.25, -0.2) is 0 Å². The van der Waals surface area contributed by atoms with Crippen molar-refractivity contribution in [2.45, 2.75) is 18.9 Å². The highest BCUT2D eigenvalue weighted by atomic mass is 16.5. The molecule has 0 saturated carbocycles. The summed E-state index contributed by atoms with van der Waals surface area (Å²) in [6, 6.07) is 22.1. The maximum atomic E-state index is 12.1. The number of furan rings is 1. The Bertz CT molecular complexity index is 871. The Kier molecular flexibility index (Phi) is 5.49. The van der Waals surface area contributed by atoms with Crippen LogP contribution in [0.25, 0.3) is 11.3 Å². The van der Waals surface area contributed by atoms with E-state index in [1.165, 1.54) is 0 Å². The molecule has 1 unspecified atom stereocenters. The minimum absolute atomic E-state index is 0.0956.